The van der Waals surface area contributed by atoms with Crippen molar-refractivity contribution in [2.75, 3.05) is 57.9 Å². The smallest absolute Gasteiger partial charge is 0.0591 e. The number of piperazine rings is 1. The van der Waals surface area contributed by atoms with Gasteiger partial charge in [-0.25, -0.2) is 0 Å². The van der Waals surface area contributed by atoms with Gasteiger partial charge in [-0.15, -0.1) is 0 Å². The molecule has 0 aromatic heterocycles. The number of likely N-dealkylation sites (N-methyl/N-ethyl adjacent to an activating group) is 1. The molecule has 0 atom stereocenters. The van der Waals surface area contributed by atoms with E-state index in [1.807, 2.05) is 0 Å². The fourth-order valence-corrected chi connectivity index (χ4v) is 2.82. The summed E-state index contributed by atoms with van der Waals surface area (Å²) < 4.78 is 5.61. The Morgan fingerprint density at radius 1 is 1.00 bits per heavy atom. The second-order valence-electron chi connectivity index (χ2n) is 6.45. The average molecular weight is 319 g/mol. The predicted molar refractivity (Wildman–Crippen MR) is 98.2 cm³/mol. The Kier molecular flexibility index (Phi) is 8.43. The standard InChI is InChI=1S/C19H33N3O/c1-3-4-5-15-23-16-10-20-17-18-6-8-19(9-7-18)22-13-11-21(2)12-14-22/h6-9,20H,3-5,10-17H2,1-2H3. The Balaban J connectivity index is 1.59. The van der Waals surface area contributed by atoms with Crippen LogP contribution in [0.2, 0.25) is 0 Å². The molecule has 1 aromatic rings. The van der Waals surface area contributed by atoms with Crippen LogP contribution in [0.1, 0.15) is 31.7 Å². The number of hydrogen-bond donors (Lipinski definition) is 1. The van der Waals surface area contributed by atoms with Crippen LogP contribution in [0.4, 0.5) is 5.69 Å². The zero-order chi connectivity index (χ0) is 16.3. The molecule has 0 unspecified atom stereocenters. The van der Waals surface area contributed by atoms with Gasteiger partial charge < -0.3 is 19.9 Å². The number of hydrogen-bond acceptors (Lipinski definition) is 4. The van der Waals surface area contributed by atoms with Crippen LogP contribution in [-0.2, 0) is 11.3 Å². The molecule has 1 aliphatic rings. The van der Waals surface area contributed by atoms with Crippen LogP contribution in [0, 0.1) is 0 Å². The van der Waals surface area contributed by atoms with Gasteiger partial charge in [-0.1, -0.05) is 31.9 Å². The molecule has 130 valence electrons. The van der Waals surface area contributed by atoms with Gasteiger partial charge in [0.1, 0.15) is 0 Å². The lowest BCUT2D eigenvalue weighted by Crippen LogP contribution is -2.44. The summed E-state index contributed by atoms with van der Waals surface area (Å²) in [7, 11) is 2.19. The number of ether oxygens (including phenoxy) is 1. The molecule has 1 aromatic carbocycles. The molecule has 0 spiro atoms. The summed E-state index contributed by atoms with van der Waals surface area (Å²) in [6, 6.07) is 8.98. The SMILES string of the molecule is CCCCCOCCNCc1ccc(N2CCN(C)CC2)cc1. The second kappa shape index (κ2) is 10.6. The van der Waals surface area contributed by atoms with Crippen molar-refractivity contribution in [1.29, 1.82) is 0 Å². The quantitative estimate of drug-likeness (QED) is 0.671. The molecule has 4 heteroatoms. The summed E-state index contributed by atoms with van der Waals surface area (Å²) in [6.07, 6.45) is 3.71. The molecule has 0 aliphatic carbocycles. The predicted octanol–water partition coefficient (Wildman–Crippen LogP) is 2.73. The Hall–Kier alpha value is -1.10. The van der Waals surface area contributed by atoms with E-state index in [0.717, 1.165) is 52.5 Å². The Bertz CT molecular complexity index is 413. The van der Waals surface area contributed by atoms with Gasteiger partial charge in [0.05, 0.1) is 6.61 Å². The van der Waals surface area contributed by atoms with E-state index in [1.165, 1.54) is 30.5 Å². The zero-order valence-corrected chi connectivity index (χ0v) is 14.9. The van der Waals surface area contributed by atoms with Crippen LogP contribution < -0.4 is 10.2 Å². The van der Waals surface area contributed by atoms with Crippen LogP contribution in [0.3, 0.4) is 0 Å². The Morgan fingerprint density at radius 2 is 1.74 bits per heavy atom. The van der Waals surface area contributed by atoms with Crippen molar-refractivity contribution in [3.05, 3.63) is 29.8 Å². The minimum absolute atomic E-state index is 0.809. The summed E-state index contributed by atoms with van der Waals surface area (Å²) in [4.78, 5) is 4.86. The topological polar surface area (TPSA) is 27.7 Å². The van der Waals surface area contributed by atoms with Gasteiger partial charge in [-0.3, -0.25) is 0 Å². The summed E-state index contributed by atoms with van der Waals surface area (Å²) in [5.74, 6) is 0. The molecule has 1 fully saturated rings. The van der Waals surface area contributed by atoms with Gasteiger partial charge in [0.2, 0.25) is 0 Å². The van der Waals surface area contributed by atoms with Crippen LogP contribution in [0.25, 0.3) is 0 Å². The third-order valence-electron chi connectivity index (χ3n) is 4.45. The fraction of sp³-hybridized carbons (Fsp3) is 0.684. The highest BCUT2D eigenvalue weighted by Crippen LogP contribution is 2.16. The van der Waals surface area contributed by atoms with E-state index in [4.69, 9.17) is 4.74 Å². The highest BCUT2D eigenvalue weighted by molar-refractivity contribution is 5.48. The van der Waals surface area contributed by atoms with E-state index < -0.39 is 0 Å². The first-order valence-corrected chi connectivity index (χ1v) is 9.10. The molecular weight excluding hydrogens is 286 g/mol. The number of anilines is 1. The van der Waals surface area contributed by atoms with Crippen molar-refractivity contribution in [2.24, 2.45) is 0 Å². The lowest BCUT2D eigenvalue weighted by atomic mass is 10.2. The minimum Gasteiger partial charge on any atom is -0.380 e. The molecule has 0 radical (unpaired) electrons. The minimum atomic E-state index is 0.809. The highest BCUT2D eigenvalue weighted by Gasteiger charge is 2.13. The van der Waals surface area contributed by atoms with Gasteiger partial charge in [-0.05, 0) is 31.2 Å². The van der Waals surface area contributed by atoms with E-state index in [0.29, 0.717) is 0 Å². The number of rotatable bonds is 10. The molecule has 2 rings (SSSR count). The van der Waals surface area contributed by atoms with Crippen LogP contribution in [-0.4, -0.2) is 57.9 Å². The number of benzene rings is 1. The first-order valence-electron chi connectivity index (χ1n) is 9.10. The van der Waals surface area contributed by atoms with Crippen molar-refractivity contribution >= 4 is 5.69 Å². The molecule has 0 amide bonds. The number of nitrogens with one attached hydrogen (secondary N) is 1. The largest absolute Gasteiger partial charge is 0.380 e. The third-order valence-corrected chi connectivity index (χ3v) is 4.45. The normalized spacial score (nSPS) is 16.0. The molecule has 0 saturated carbocycles. The van der Waals surface area contributed by atoms with Gasteiger partial charge in [-0.2, -0.15) is 0 Å². The Labute approximate surface area is 141 Å². The fourth-order valence-electron chi connectivity index (χ4n) is 2.82. The first kappa shape index (κ1) is 18.2. The highest BCUT2D eigenvalue weighted by atomic mass is 16.5. The van der Waals surface area contributed by atoms with Crippen molar-refractivity contribution in [1.82, 2.24) is 10.2 Å². The van der Waals surface area contributed by atoms with Crippen LogP contribution in [0.15, 0.2) is 24.3 Å². The molecule has 1 heterocycles. The maximum Gasteiger partial charge on any atom is 0.0591 e. The maximum absolute atomic E-state index is 5.61. The molecule has 1 aliphatic heterocycles. The van der Waals surface area contributed by atoms with Gasteiger partial charge >= 0.3 is 0 Å². The lowest BCUT2D eigenvalue weighted by molar-refractivity contribution is 0.132. The molecule has 23 heavy (non-hydrogen) atoms. The number of unbranched alkanes of at least 4 members (excludes halogenated alkanes) is 2. The van der Waals surface area contributed by atoms with Gasteiger partial charge in [0, 0.05) is 51.6 Å². The molecule has 1 saturated heterocycles. The summed E-state index contributed by atoms with van der Waals surface area (Å²) in [6.45, 7) is 10.3. The molecular formula is C19H33N3O. The van der Waals surface area contributed by atoms with Crippen LogP contribution in [0.5, 0.6) is 0 Å². The average Bonchev–Trinajstić information content (AvgIpc) is 2.59. The first-order chi connectivity index (χ1) is 11.3. The molecule has 4 nitrogen and oxygen atoms in total. The Morgan fingerprint density at radius 3 is 2.43 bits per heavy atom. The van der Waals surface area contributed by atoms with E-state index in [1.54, 1.807) is 0 Å². The summed E-state index contributed by atoms with van der Waals surface area (Å²) in [5, 5.41) is 3.45. The van der Waals surface area contributed by atoms with Crippen molar-refractivity contribution in [3.8, 4) is 0 Å². The summed E-state index contributed by atoms with van der Waals surface area (Å²) >= 11 is 0. The van der Waals surface area contributed by atoms with Crippen LogP contribution >= 0.6 is 0 Å². The molecule has 0 bridgehead atoms. The van der Waals surface area contributed by atoms with E-state index >= 15 is 0 Å². The number of nitrogens with zero attached hydrogens (tertiary/aromatic N) is 2. The maximum atomic E-state index is 5.61. The van der Waals surface area contributed by atoms with E-state index in [9.17, 15) is 0 Å². The van der Waals surface area contributed by atoms with Crippen molar-refractivity contribution in [2.45, 2.75) is 32.7 Å². The molecule has 1 N–H and O–H groups in total. The third kappa shape index (κ3) is 6.90. The lowest BCUT2D eigenvalue weighted by Gasteiger charge is -2.34. The van der Waals surface area contributed by atoms with Crippen molar-refractivity contribution < 1.29 is 4.74 Å². The van der Waals surface area contributed by atoms with Gasteiger partial charge in [0.15, 0.2) is 0 Å². The van der Waals surface area contributed by atoms with Gasteiger partial charge in [0.25, 0.3) is 0 Å². The summed E-state index contributed by atoms with van der Waals surface area (Å²) in [5.41, 5.74) is 2.69. The van der Waals surface area contributed by atoms with Crippen molar-refractivity contribution in [3.63, 3.8) is 0 Å². The second-order valence-corrected chi connectivity index (χ2v) is 6.45. The van der Waals surface area contributed by atoms with E-state index in [-0.39, 0.29) is 0 Å². The zero-order valence-electron chi connectivity index (χ0n) is 14.9. The monoisotopic (exact) mass is 319 g/mol. The van der Waals surface area contributed by atoms with E-state index in [2.05, 4.69) is 53.4 Å².